The van der Waals surface area contributed by atoms with E-state index in [0.29, 0.717) is 35.6 Å². The van der Waals surface area contributed by atoms with Gasteiger partial charge >= 0.3 is 0 Å². The second kappa shape index (κ2) is 11.2. The highest BCUT2D eigenvalue weighted by molar-refractivity contribution is 7.99. The minimum Gasteiger partial charge on any atom is -0.492 e. The number of amides is 1. The maximum absolute atomic E-state index is 12.8. The zero-order valence-electron chi connectivity index (χ0n) is 18.5. The fourth-order valence-electron chi connectivity index (χ4n) is 3.01. The Kier molecular flexibility index (Phi) is 8.29. The first-order valence-corrected chi connectivity index (χ1v) is 12.9. The van der Waals surface area contributed by atoms with Crippen molar-refractivity contribution in [2.45, 2.75) is 36.2 Å². The van der Waals surface area contributed by atoms with Crippen LogP contribution in [0.15, 0.2) is 71.2 Å². The third-order valence-corrected chi connectivity index (χ3v) is 7.19. The number of anilines is 1. The van der Waals surface area contributed by atoms with Gasteiger partial charge in [0.15, 0.2) is 15.0 Å². The van der Waals surface area contributed by atoms with Gasteiger partial charge in [-0.05, 0) is 38.1 Å². The number of hydrogen-bond donors (Lipinski definition) is 1. The van der Waals surface area contributed by atoms with E-state index in [1.807, 2.05) is 26.0 Å². The van der Waals surface area contributed by atoms with Gasteiger partial charge in [0.05, 0.1) is 22.9 Å². The maximum atomic E-state index is 12.8. The number of aromatic nitrogens is 3. The topological polar surface area (TPSA) is 103 Å². The van der Waals surface area contributed by atoms with Crippen molar-refractivity contribution >= 4 is 33.2 Å². The lowest BCUT2D eigenvalue weighted by Crippen LogP contribution is -2.16. The molecule has 0 aliphatic carbocycles. The summed E-state index contributed by atoms with van der Waals surface area (Å²) in [6.45, 7) is 8.31. The van der Waals surface area contributed by atoms with Crippen LogP contribution in [-0.2, 0) is 26.9 Å². The predicted octanol–water partition coefficient (Wildman–Crippen LogP) is 3.88. The number of sulfone groups is 1. The molecule has 1 heterocycles. The van der Waals surface area contributed by atoms with Crippen molar-refractivity contribution in [3.63, 3.8) is 0 Å². The number of carbonyl (C=O) groups is 1. The minimum atomic E-state index is -3.60. The second-order valence-corrected chi connectivity index (χ2v) is 10.1. The van der Waals surface area contributed by atoms with Gasteiger partial charge in [0.1, 0.15) is 17.3 Å². The third-order valence-electron chi connectivity index (χ3n) is 4.60. The molecule has 1 amide bonds. The first-order chi connectivity index (χ1) is 15.8. The lowest BCUT2D eigenvalue weighted by atomic mass is 10.2. The molecule has 0 spiro atoms. The zero-order valence-corrected chi connectivity index (χ0v) is 20.2. The molecule has 0 saturated carbocycles. The Balaban J connectivity index is 1.71. The summed E-state index contributed by atoms with van der Waals surface area (Å²) in [4.78, 5) is 12.7. The van der Waals surface area contributed by atoms with Gasteiger partial charge in [0, 0.05) is 6.54 Å². The van der Waals surface area contributed by atoms with E-state index in [2.05, 4.69) is 22.1 Å². The van der Waals surface area contributed by atoms with Gasteiger partial charge in [0.25, 0.3) is 0 Å². The Morgan fingerprint density at radius 1 is 1.18 bits per heavy atom. The Labute approximate surface area is 198 Å². The van der Waals surface area contributed by atoms with Crippen LogP contribution in [0.25, 0.3) is 0 Å². The Morgan fingerprint density at radius 2 is 1.91 bits per heavy atom. The van der Waals surface area contributed by atoms with E-state index < -0.39 is 9.84 Å². The minimum absolute atomic E-state index is 0.0699. The molecule has 3 rings (SSSR count). The van der Waals surface area contributed by atoms with Gasteiger partial charge in [-0.15, -0.1) is 16.8 Å². The van der Waals surface area contributed by atoms with Gasteiger partial charge in [-0.25, -0.2) is 8.42 Å². The molecule has 33 heavy (non-hydrogen) atoms. The Bertz CT molecular complexity index is 1220. The lowest BCUT2D eigenvalue weighted by molar-refractivity contribution is -0.113. The summed E-state index contributed by atoms with van der Waals surface area (Å²) in [6.07, 6.45) is 1.63. The predicted molar refractivity (Wildman–Crippen MR) is 129 cm³/mol. The Morgan fingerprint density at radius 3 is 2.61 bits per heavy atom. The van der Waals surface area contributed by atoms with Crippen LogP contribution in [0, 0.1) is 6.92 Å². The highest BCUT2D eigenvalue weighted by Gasteiger charge is 2.22. The number of allylic oxidation sites excluding steroid dienone is 1. The number of nitrogens with one attached hydrogen (secondary N) is 1. The number of para-hydroxylation sites is 2. The number of carbonyl (C=O) groups excluding carboxylic acids is 1. The third kappa shape index (κ3) is 6.45. The molecule has 10 heteroatoms. The molecular formula is C23H26N4O4S2. The summed E-state index contributed by atoms with van der Waals surface area (Å²) in [5, 5.41) is 11.5. The molecule has 3 aromatic rings. The van der Waals surface area contributed by atoms with Crippen LogP contribution in [0.2, 0.25) is 0 Å². The molecule has 0 unspecified atom stereocenters. The SMILES string of the molecule is C=CCn1c(CS(=O)(=O)c2ccc(C)cc2)nnc1SCC(=O)Nc1ccccc1OCC. The van der Waals surface area contributed by atoms with Crippen LogP contribution in [0.1, 0.15) is 18.3 Å². The zero-order chi connectivity index (χ0) is 23.8. The van der Waals surface area contributed by atoms with Crippen molar-refractivity contribution in [3.05, 3.63) is 72.6 Å². The van der Waals surface area contributed by atoms with Gasteiger partial charge in [-0.3, -0.25) is 4.79 Å². The highest BCUT2D eigenvalue weighted by Crippen LogP contribution is 2.25. The average molecular weight is 487 g/mol. The molecule has 0 saturated heterocycles. The molecule has 8 nitrogen and oxygen atoms in total. The monoisotopic (exact) mass is 486 g/mol. The highest BCUT2D eigenvalue weighted by atomic mass is 32.2. The van der Waals surface area contributed by atoms with E-state index in [1.165, 1.54) is 11.8 Å². The summed E-state index contributed by atoms with van der Waals surface area (Å²) >= 11 is 1.17. The van der Waals surface area contributed by atoms with Gasteiger partial charge < -0.3 is 14.6 Å². The number of ether oxygens (including phenoxy) is 1. The summed E-state index contributed by atoms with van der Waals surface area (Å²) in [7, 11) is -3.60. The Hall–Kier alpha value is -3.11. The van der Waals surface area contributed by atoms with Crippen LogP contribution in [0.3, 0.4) is 0 Å². The van der Waals surface area contributed by atoms with E-state index in [-0.39, 0.29) is 22.3 Å². The quantitative estimate of drug-likeness (QED) is 0.324. The molecule has 1 aromatic heterocycles. The molecule has 1 N–H and O–H groups in total. The number of benzene rings is 2. The molecule has 0 bridgehead atoms. The van der Waals surface area contributed by atoms with Crippen molar-refractivity contribution in [3.8, 4) is 5.75 Å². The second-order valence-electron chi connectivity index (χ2n) is 7.14. The van der Waals surface area contributed by atoms with Crippen LogP contribution >= 0.6 is 11.8 Å². The molecule has 174 valence electrons. The van der Waals surface area contributed by atoms with Crippen molar-refractivity contribution < 1.29 is 17.9 Å². The van der Waals surface area contributed by atoms with Crippen LogP contribution < -0.4 is 10.1 Å². The summed E-state index contributed by atoms with van der Waals surface area (Å²) in [5.41, 5.74) is 1.56. The largest absolute Gasteiger partial charge is 0.492 e. The smallest absolute Gasteiger partial charge is 0.234 e. The van der Waals surface area contributed by atoms with Crippen LogP contribution in [0.5, 0.6) is 5.75 Å². The number of thioether (sulfide) groups is 1. The number of hydrogen-bond acceptors (Lipinski definition) is 7. The lowest BCUT2D eigenvalue weighted by Gasteiger charge is -2.11. The maximum Gasteiger partial charge on any atom is 0.234 e. The van der Waals surface area contributed by atoms with Gasteiger partial charge in [0.2, 0.25) is 5.91 Å². The first kappa shape index (κ1) is 24.5. The van der Waals surface area contributed by atoms with Crippen LogP contribution in [0.4, 0.5) is 5.69 Å². The molecule has 0 radical (unpaired) electrons. The number of rotatable bonds is 11. The molecule has 0 aliphatic heterocycles. The first-order valence-electron chi connectivity index (χ1n) is 10.3. The van der Waals surface area contributed by atoms with Crippen molar-refractivity contribution in [1.29, 1.82) is 0 Å². The fourth-order valence-corrected chi connectivity index (χ4v) is 5.05. The fraction of sp³-hybridized carbons (Fsp3) is 0.261. The van der Waals surface area contributed by atoms with E-state index >= 15 is 0 Å². The van der Waals surface area contributed by atoms with Crippen LogP contribution in [-0.4, -0.2) is 41.4 Å². The number of nitrogens with zero attached hydrogens (tertiary/aromatic N) is 3. The molecule has 0 aliphatic rings. The normalized spacial score (nSPS) is 11.2. The molecular weight excluding hydrogens is 460 g/mol. The standard InChI is InChI=1S/C23H26N4O4S2/c1-4-14-27-21(16-33(29,30)18-12-10-17(3)11-13-18)25-26-23(27)32-15-22(28)24-19-8-6-7-9-20(19)31-5-2/h4,6-13H,1,5,14-16H2,2-3H3,(H,24,28). The van der Waals surface area contributed by atoms with E-state index in [9.17, 15) is 13.2 Å². The molecule has 0 atom stereocenters. The molecule has 0 fully saturated rings. The van der Waals surface area contributed by atoms with E-state index in [0.717, 1.165) is 5.56 Å². The molecule has 2 aromatic carbocycles. The van der Waals surface area contributed by atoms with Crippen molar-refractivity contribution in [2.75, 3.05) is 17.7 Å². The van der Waals surface area contributed by atoms with Gasteiger partial charge in [-0.2, -0.15) is 0 Å². The summed E-state index contributed by atoms with van der Waals surface area (Å²) in [6, 6.07) is 13.9. The van der Waals surface area contributed by atoms with E-state index in [4.69, 9.17) is 4.74 Å². The summed E-state index contributed by atoms with van der Waals surface area (Å²) in [5.74, 6) is 0.414. The summed E-state index contributed by atoms with van der Waals surface area (Å²) < 4.78 is 32.9. The van der Waals surface area contributed by atoms with Gasteiger partial charge in [-0.1, -0.05) is 47.7 Å². The van der Waals surface area contributed by atoms with Crippen molar-refractivity contribution in [2.24, 2.45) is 0 Å². The number of aryl methyl sites for hydroxylation is 1. The van der Waals surface area contributed by atoms with E-state index in [1.54, 1.807) is 47.0 Å². The van der Waals surface area contributed by atoms with Crippen molar-refractivity contribution in [1.82, 2.24) is 14.8 Å². The average Bonchev–Trinajstić information content (AvgIpc) is 3.15.